The Labute approximate surface area is 98.6 Å². The Kier molecular flexibility index (Phi) is 3.85. The third kappa shape index (κ3) is 2.40. The minimum Gasteiger partial charge on any atom is -0.328 e. The monoisotopic (exact) mass is 224 g/mol. The normalized spacial score (nSPS) is 35.8. The number of nitrogens with one attached hydrogen (secondary N) is 1. The first kappa shape index (κ1) is 11.9. The van der Waals surface area contributed by atoms with Gasteiger partial charge in [-0.2, -0.15) is 0 Å². The minimum atomic E-state index is 0.0823. The van der Waals surface area contributed by atoms with Crippen LogP contribution in [0.5, 0.6) is 0 Å². The fraction of sp³-hybridized carbons (Fsp3) is 0.923. The molecule has 2 aliphatic rings. The Morgan fingerprint density at radius 3 is 2.75 bits per heavy atom. The molecule has 1 saturated heterocycles. The van der Waals surface area contributed by atoms with Crippen molar-refractivity contribution in [2.75, 3.05) is 13.2 Å². The maximum atomic E-state index is 12.0. The fourth-order valence-corrected chi connectivity index (χ4v) is 3.03. The molecule has 3 heteroatoms. The molecule has 2 fully saturated rings. The van der Waals surface area contributed by atoms with E-state index in [4.69, 9.17) is 0 Å². The van der Waals surface area contributed by atoms with Crippen LogP contribution in [-0.2, 0) is 4.79 Å². The zero-order valence-electron chi connectivity index (χ0n) is 10.5. The molecule has 0 spiro atoms. The molecule has 0 radical (unpaired) electrons. The van der Waals surface area contributed by atoms with Gasteiger partial charge in [-0.15, -0.1) is 0 Å². The van der Waals surface area contributed by atoms with Gasteiger partial charge in [0.05, 0.1) is 12.7 Å². The molecule has 1 aliphatic carbocycles. The van der Waals surface area contributed by atoms with E-state index in [0.29, 0.717) is 5.91 Å². The van der Waals surface area contributed by atoms with E-state index in [1.807, 2.05) is 4.90 Å². The highest BCUT2D eigenvalue weighted by molar-refractivity contribution is 5.83. The summed E-state index contributed by atoms with van der Waals surface area (Å²) >= 11 is 0. The Balaban J connectivity index is 1.87. The highest BCUT2D eigenvalue weighted by Gasteiger charge is 2.32. The Hall–Kier alpha value is -0.570. The summed E-state index contributed by atoms with van der Waals surface area (Å²) in [7, 11) is 0. The average molecular weight is 224 g/mol. The van der Waals surface area contributed by atoms with Crippen LogP contribution in [0.2, 0.25) is 0 Å². The molecule has 92 valence electrons. The smallest absolute Gasteiger partial charge is 0.240 e. The van der Waals surface area contributed by atoms with Crippen molar-refractivity contribution in [1.82, 2.24) is 10.2 Å². The van der Waals surface area contributed by atoms with Gasteiger partial charge in [0.1, 0.15) is 0 Å². The van der Waals surface area contributed by atoms with Gasteiger partial charge in [0.15, 0.2) is 0 Å². The molecule has 3 atom stereocenters. The van der Waals surface area contributed by atoms with Crippen LogP contribution in [0.15, 0.2) is 0 Å². The van der Waals surface area contributed by atoms with Crippen molar-refractivity contribution in [3.05, 3.63) is 0 Å². The van der Waals surface area contributed by atoms with E-state index in [-0.39, 0.29) is 6.04 Å². The largest absolute Gasteiger partial charge is 0.328 e. The zero-order valence-corrected chi connectivity index (χ0v) is 10.5. The van der Waals surface area contributed by atoms with Gasteiger partial charge >= 0.3 is 0 Å². The molecule has 1 amide bonds. The lowest BCUT2D eigenvalue weighted by Crippen LogP contribution is -2.36. The number of amides is 1. The standard InChI is InChI=1S/C13H24N2O/c1-3-12-13(16)15(9-14-12)8-11-7-5-4-6-10(11)2/h10-12,14H,3-9H2,1-2H3. The molecule has 1 N–H and O–H groups in total. The highest BCUT2D eigenvalue weighted by atomic mass is 16.2. The number of hydrogen-bond donors (Lipinski definition) is 1. The Morgan fingerprint density at radius 1 is 1.38 bits per heavy atom. The summed E-state index contributed by atoms with van der Waals surface area (Å²) in [6.45, 7) is 6.15. The second-order valence-electron chi connectivity index (χ2n) is 5.41. The lowest BCUT2D eigenvalue weighted by atomic mass is 9.80. The van der Waals surface area contributed by atoms with Crippen LogP contribution in [0.3, 0.4) is 0 Å². The van der Waals surface area contributed by atoms with Gasteiger partial charge in [0, 0.05) is 6.54 Å². The molecule has 3 nitrogen and oxygen atoms in total. The highest BCUT2D eigenvalue weighted by Crippen LogP contribution is 2.30. The van der Waals surface area contributed by atoms with E-state index < -0.39 is 0 Å². The van der Waals surface area contributed by atoms with Crippen molar-refractivity contribution in [1.29, 1.82) is 0 Å². The summed E-state index contributed by atoms with van der Waals surface area (Å²) in [5, 5.41) is 3.29. The molecule has 0 aromatic heterocycles. The summed E-state index contributed by atoms with van der Waals surface area (Å²) in [6.07, 6.45) is 6.29. The van der Waals surface area contributed by atoms with E-state index in [1.54, 1.807) is 0 Å². The van der Waals surface area contributed by atoms with Crippen LogP contribution >= 0.6 is 0 Å². The Morgan fingerprint density at radius 2 is 2.12 bits per heavy atom. The lowest BCUT2D eigenvalue weighted by Gasteiger charge is -2.31. The van der Waals surface area contributed by atoms with Crippen molar-refractivity contribution < 1.29 is 4.79 Å². The first-order valence-corrected chi connectivity index (χ1v) is 6.74. The predicted octanol–water partition coefficient (Wildman–Crippen LogP) is 1.98. The van der Waals surface area contributed by atoms with Crippen molar-refractivity contribution in [2.45, 2.75) is 52.0 Å². The van der Waals surface area contributed by atoms with E-state index in [2.05, 4.69) is 19.2 Å². The molecular weight excluding hydrogens is 200 g/mol. The molecule has 0 aromatic rings. The van der Waals surface area contributed by atoms with Crippen LogP contribution in [0.4, 0.5) is 0 Å². The molecule has 1 heterocycles. The van der Waals surface area contributed by atoms with Gasteiger partial charge in [-0.05, 0) is 24.7 Å². The topological polar surface area (TPSA) is 32.3 Å². The van der Waals surface area contributed by atoms with Crippen molar-refractivity contribution in [3.8, 4) is 0 Å². The number of rotatable bonds is 3. The summed E-state index contributed by atoms with van der Waals surface area (Å²) in [6, 6.07) is 0.0823. The van der Waals surface area contributed by atoms with Crippen LogP contribution in [0.25, 0.3) is 0 Å². The van der Waals surface area contributed by atoms with Gasteiger partial charge in [-0.3, -0.25) is 10.1 Å². The summed E-state index contributed by atoms with van der Waals surface area (Å²) in [5.74, 6) is 1.85. The van der Waals surface area contributed by atoms with Crippen molar-refractivity contribution in [3.63, 3.8) is 0 Å². The van der Waals surface area contributed by atoms with Crippen molar-refractivity contribution in [2.24, 2.45) is 11.8 Å². The molecular formula is C13H24N2O. The van der Waals surface area contributed by atoms with Gasteiger partial charge < -0.3 is 4.90 Å². The first-order valence-electron chi connectivity index (χ1n) is 6.74. The van der Waals surface area contributed by atoms with Crippen LogP contribution in [0.1, 0.15) is 46.0 Å². The SMILES string of the molecule is CCC1NCN(CC2CCCCC2C)C1=O. The van der Waals surface area contributed by atoms with Gasteiger partial charge in [-0.1, -0.05) is 33.1 Å². The van der Waals surface area contributed by atoms with Crippen LogP contribution in [0, 0.1) is 11.8 Å². The lowest BCUT2D eigenvalue weighted by molar-refractivity contribution is -0.129. The second kappa shape index (κ2) is 5.17. The maximum Gasteiger partial charge on any atom is 0.240 e. The van der Waals surface area contributed by atoms with Crippen molar-refractivity contribution >= 4 is 5.91 Å². The first-order chi connectivity index (χ1) is 7.72. The number of hydrogen-bond acceptors (Lipinski definition) is 2. The predicted molar refractivity (Wildman–Crippen MR) is 64.9 cm³/mol. The third-order valence-electron chi connectivity index (χ3n) is 4.29. The molecule has 0 aromatic carbocycles. The molecule has 1 aliphatic heterocycles. The fourth-order valence-electron chi connectivity index (χ4n) is 3.03. The molecule has 0 bridgehead atoms. The van der Waals surface area contributed by atoms with Gasteiger partial charge in [-0.25, -0.2) is 0 Å². The van der Waals surface area contributed by atoms with Gasteiger partial charge in [0.25, 0.3) is 0 Å². The van der Waals surface area contributed by atoms with E-state index in [1.165, 1.54) is 25.7 Å². The summed E-state index contributed by atoms with van der Waals surface area (Å²) < 4.78 is 0. The number of carbonyl (C=O) groups excluding carboxylic acids is 1. The Bertz CT molecular complexity index is 254. The van der Waals surface area contributed by atoms with Crippen LogP contribution in [-0.4, -0.2) is 30.1 Å². The summed E-state index contributed by atoms with van der Waals surface area (Å²) in [4.78, 5) is 14.0. The van der Waals surface area contributed by atoms with Crippen LogP contribution < -0.4 is 5.32 Å². The number of nitrogens with zero attached hydrogens (tertiary/aromatic N) is 1. The zero-order chi connectivity index (χ0) is 11.5. The summed E-state index contributed by atoms with van der Waals surface area (Å²) in [5.41, 5.74) is 0. The molecule has 3 unspecified atom stereocenters. The van der Waals surface area contributed by atoms with E-state index in [9.17, 15) is 4.79 Å². The minimum absolute atomic E-state index is 0.0823. The quantitative estimate of drug-likeness (QED) is 0.795. The molecule has 16 heavy (non-hydrogen) atoms. The second-order valence-corrected chi connectivity index (χ2v) is 5.41. The molecule has 1 saturated carbocycles. The van der Waals surface area contributed by atoms with E-state index in [0.717, 1.165) is 31.5 Å². The van der Waals surface area contributed by atoms with E-state index >= 15 is 0 Å². The average Bonchev–Trinajstić information content (AvgIpc) is 2.63. The maximum absolute atomic E-state index is 12.0. The van der Waals surface area contributed by atoms with Gasteiger partial charge in [0.2, 0.25) is 5.91 Å². The molecule has 2 rings (SSSR count). The number of carbonyl (C=O) groups is 1. The third-order valence-corrected chi connectivity index (χ3v) is 4.29.